The summed E-state index contributed by atoms with van der Waals surface area (Å²) in [5, 5.41) is 15.6. The molecular weight excluding hydrogens is 240 g/mol. The molecule has 3 N–H and O–H groups in total. The summed E-state index contributed by atoms with van der Waals surface area (Å²) < 4.78 is 1.75. The molecule has 1 aromatic heterocycles. The summed E-state index contributed by atoms with van der Waals surface area (Å²) in [4.78, 5) is 10.6. The fraction of sp³-hybridized carbons (Fsp3) is 0.778. The quantitative estimate of drug-likeness (QED) is 0.602. The topological polar surface area (TPSA) is 98.7 Å². The van der Waals surface area contributed by atoms with Crippen LogP contribution in [0.4, 0.5) is 0 Å². The molecular formula is C9H16N6OS. The zero-order valence-electron chi connectivity index (χ0n) is 9.50. The zero-order chi connectivity index (χ0) is 12.1. The zero-order valence-corrected chi connectivity index (χ0v) is 10.3. The van der Waals surface area contributed by atoms with E-state index in [0.29, 0.717) is 18.2 Å². The third-order valence-electron chi connectivity index (χ3n) is 2.41. The molecule has 7 nitrogen and oxygen atoms in total. The second-order valence-electron chi connectivity index (χ2n) is 3.98. The van der Waals surface area contributed by atoms with Gasteiger partial charge < -0.3 is 11.1 Å². The molecule has 1 aliphatic rings. The molecule has 0 radical (unpaired) electrons. The smallest absolute Gasteiger partial charge is 0.218 e. The number of carbonyl (C=O) groups excluding carboxylic acids is 1. The van der Waals surface area contributed by atoms with Crippen LogP contribution in [0.5, 0.6) is 0 Å². The highest BCUT2D eigenvalue weighted by atomic mass is 32.2. The lowest BCUT2D eigenvalue weighted by molar-refractivity contribution is -0.117. The average Bonchev–Trinajstić information content (AvgIpc) is 2.99. The molecule has 0 unspecified atom stereocenters. The molecule has 0 aliphatic heterocycles. The third kappa shape index (κ3) is 4.31. The molecule has 1 fully saturated rings. The predicted octanol–water partition coefficient (Wildman–Crippen LogP) is -0.607. The average molecular weight is 256 g/mol. The number of rotatable bonds is 8. The molecule has 1 heterocycles. The number of carbonyl (C=O) groups is 1. The molecule has 2 rings (SSSR count). The molecule has 0 saturated heterocycles. The summed E-state index contributed by atoms with van der Waals surface area (Å²) in [6.45, 7) is 1.63. The maximum atomic E-state index is 10.6. The van der Waals surface area contributed by atoms with E-state index >= 15 is 0 Å². The number of nitrogens with two attached hydrogens (primary N) is 1. The molecule has 1 saturated carbocycles. The fourth-order valence-corrected chi connectivity index (χ4v) is 2.20. The Bertz CT molecular complexity index is 377. The number of nitrogens with zero attached hydrogens (tertiary/aromatic N) is 4. The van der Waals surface area contributed by atoms with Crippen LogP contribution >= 0.6 is 11.8 Å². The number of amides is 1. The lowest BCUT2D eigenvalue weighted by Crippen LogP contribution is -2.22. The van der Waals surface area contributed by atoms with Crippen LogP contribution in [0.1, 0.15) is 19.3 Å². The monoisotopic (exact) mass is 256 g/mol. The van der Waals surface area contributed by atoms with E-state index in [1.807, 2.05) is 0 Å². The van der Waals surface area contributed by atoms with Crippen molar-refractivity contribution in [1.29, 1.82) is 0 Å². The van der Waals surface area contributed by atoms with Gasteiger partial charge in [0, 0.05) is 24.8 Å². The largest absolute Gasteiger partial charge is 0.370 e. The summed E-state index contributed by atoms with van der Waals surface area (Å²) in [5.74, 6) is 0.318. The third-order valence-corrected chi connectivity index (χ3v) is 3.37. The molecule has 0 spiro atoms. The molecule has 0 aromatic carbocycles. The van der Waals surface area contributed by atoms with Crippen molar-refractivity contribution < 1.29 is 4.79 Å². The highest BCUT2D eigenvalue weighted by molar-refractivity contribution is 7.99. The first kappa shape index (κ1) is 12.3. The summed E-state index contributed by atoms with van der Waals surface area (Å²) in [5.41, 5.74) is 5.07. The van der Waals surface area contributed by atoms with E-state index in [0.717, 1.165) is 18.2 Å². The number of primary amides is 1. The second kappa shape index (κ2) is 5.97. The lowest BCUT2D eigenvalue weighted by Gasteiger charge is -2.04. The van der Waals surface area contributed by atoms with Gasteiger partial charge in [0.05, 0.1) is 6.54 Å². The van der Waals surface area contributed by atoms with Crippen molar-refractivity contribution >= 4 is 17.7 Å². The summed E-state index contributed by atoms with van der Waals surface area (Å²) in [6.07, 6.45) is 2.89. The van der Waals surface area contributed by atoms with Crippen LogP contribution in [-0.4, -0.2) is 44.5 Å². The van der Waals surface area contributed by atoms with Gasteiger partial charge in [-0.15, -0.1) is 5.10 Å². The van der Waals surface area contributed by atoms with Crippen molar-refractivity contribution in [2.24, 2.45) is 5.73 Å². The van der Waals surface area contributed by atoms with Gasteiger partial charge in [0.2, 0.25) is 11.1 Å². The highest BCUT2D eigenvalue weighted by Crippen LogP contribution is 2.18. The number of aromatic nitrogens is 4. The molecule has 1 aliphatic carbocycles. The molecule has 1 amide bonds. The Morgan fingerprint density at radius 2 is 2.41 bits per heavy atom. The summed E-state index contributed by atoms with van der Waals surface area (Å²) in [6, 6.07) is 0.692. The van der Waals surface area contributed by atoms with E-state index in [9.17, 15) is 4.79 Å². The van der Waals surface area contributed by atoms with E-state index < -0.39 is 0 Å². The van der Waals surface area contributed by atoms with E-state index in [1.165, 1.54) is 24.6 Å². The van der Waals surface area contributed by atoms with Gasteiger partial charge in [0.1, 0.15) is 0 Å². The van der Waals surface area contributed by atoms with Gasteiger partial charge in [0.15, 0.2) is 0 Å². The Labute approximate surface area is 104 Å². The van der Waals surface area contributed by atoms with Crippen LogP contribution in [0, 0.1) is 0 Å². The van der Waals surface area contributed by atoms with E-state index in [1.54, 1.807) is 4.68 Å². The van der Waals surface area contributed by atoms with Crippen LogP contribution < -0.4 is 11.1 Å². The Balaban J connectivity index is 1.72. The number of hydrogen-bond acceptors (Lipinski definition) is 6. The lowest BCUT2D eigenvalue weighted by atomic mass is 10.5. The summed E-state index contributed by atoms with van der Waals surface area (Å²) in [7, 11) is 0. The standard InChI is InChI=1S/C9H16N6OS/c10-8(16)3-6-17-9-12-13-14-15(9)5-4-11-7-1-2-7/h7,11H,1-6H2,(H2,10,16). The first-order chi connectivity index (χ1) is 8.25. The molecule has 94 valence electrons. The molecule has 17 heavy (non-hydrogen) atoms. The fourth-order valence-electron chi connectivity index (χ4n) is 1.35. The SMILES string of the molecule is NC(=O)CCSc1nnnn1CCNC1CC1. The molecule has 0 atom stereocenters. The van der Waals surface area contributed by atoms with E-state index in [-0.39, 0.29) is 5.91 Å². The second-order valence-corrected chi connectivity index (χ2v) is 5.04. The van der Waals surface area contributed by atoms with Crippen molar-refractivity contribution in [3.8, 4) is 0 Å². The number of tetrazole rings is 1. The molecule has 0 bridgehead atoms. The summed E-state index contributed by atoms with van der Waals surface area (Å²) >= 11 is 1.45. The maximum Gasteiger partial charge on any atom is 0.218 e. The first-order valence-electron chi connectivity index (χ1n) is 5.66. The van der Waals surface area contributed by atoms with Crippen LogP contribution in [-0.2, 0) is 11.3 Å². The number of nitrogens with one attached hydrogen (secondary N) is 1. The Morgan fingerprint density at radius 1 is 1.59 bits per heavy atom. The van der Waals surface area contributed by atoms with Crippen molar-refractivity contribution in [2.75, 3.05) is 12.3 Å². The maximum absolute atomic E-state index is 10.6. The van der Waals surface area contributed by atoms with Gasteiger partial charge >= 0.3 is 0 Å². The Kier molecular flexibility index (Phi) is 4.32. The first-order valence-corrected chi connectivity index (χ1v) is 6.65. The molecule has 8 heteroatoms. The van der Waals surface area contributed by atoms with Crippen LogP contribution in [0.25, 0.3) is 0 Å². The van der Waals surface area contributed by atoms with Crippen molar-refractivity contribution in [2.45, 2.75) is 37.0 Å². The van der Waals surface area contributed by atoms with Gasteiger partial charge in [-0.1, -0.05) is 11.8 Å². The van der Waals surface area contributed by atoms with Gasteiger partial charge in [-0.25, -0.2) is 4.68 Å². The minimum atomic E-state index is -0.299. The van der Waals surface area contributed by atoms with E-state index in [2.05, 4.69) is 20.8 Å². The van der Waals surface area contributed by atoms with Gasteiger partial charge in [-0.2, -0.15) is 0 Å². The van der Waals surface area contributed by atoms with Crippen LogP contribution in [0.3, 0.4) is 0 Å². The van der Waals surface area contributed by atoms with Crippen molar-refractivity contribution in [3.63, 3.8) is 0 Å². The van der Waals surface area contributed by atoms with Crippen LogP contribution in [0.15, 0.2) is 5.16 Å². The minimum Gasteiger partial charge on any atom is -0.370 e. The number of thioether (sulfide) groups is 1. The van der Waals surface area contributed by atoms with Crippen LogP contribution in [0.2, 0.25) is 0 Å². The highest BCUT2D eigenvalue weighted by Gasteiger charge is 2.20. The van der Waals surface area contributed by atoms with Gasteiger partial charge in [0.25, 0.3) is 0 Å². The predicted molar refractivity (Wildman–Crippen MR) is 63.4 cm³/mol. The molecule has 1 aromatic rings. The van der Waals surface area contributed by atoms with Gasteiger partial charge in [-0.05, 0) is 23.3 Å². The normalized spacial score (nSPS) is 15.1. The van der Waals surface area contributed by atoms with Gasteiger partial charge in [-0.3, -0.25) is 4.79 Å². The Morgan fingerprint density at radius 3 is 3.12 bits per heavy atom. The van der Waals surface area contributed by atoms with E-state index in [4.69, 9.17) is 5.73 Å². The minimum absolute atomic E-state index is 0.299. The van der Waals surface area contributed by atoms with Crippen molar-refractivity contribution in [1.82, 2.24) is 25.5 Å². The van der Waals surface area contributed by atoms with Crippen molar-refractivity contribution in [3.05, 3.63) is 0 Å². The Hall–Kier alpha value is -1.15. The number of hydrogen-bond donors (Lipinski definition) is 2.